The topological polar surface area (TPSA) is 54.7 Å². The Morgan fingerprint density at radius 1 is 1.28 bits per heavy atom. The Morgan fingerprint density at radius 3 is 2.72 bits per heavy atom. The van der Waals surface area contributed by atoms with E-state index in [2.05, 4.69) is 58.2 Å². The molecule has 0 amide bonds. The van der Waals surface area contributed by atoms with Crippen molar-refractivity contribution < 1.29 is 0 Å². The van der Waals surface area contributed by atoms with E-state index < -0.39 is 0 Å². The molecule has 1 aromatic heterocycles. The maximum atomic E-state index is 5.80. The van der Waals surface area contributed by atoms with Crippen molar-refractivity contribution in [2.45, 2.75) is 32.7 Å². The summed E-state index contributed by atoms with van der Waals surface area (Å²) in [6.45, 7) is 4.90. The van der Waals surface area contributed by atoms with Crippen LogP contribution in [-0.4, -0.2) is 10.2 Å². The zero-order chi connectivity index (χ0) is 13.1. The van der Waals surface area contributed by atoms with Crippen LogP contribution in [0.3, 0.4) is 0 Å². The summed E-state index contributed by atoms with van der Waals surface area (Å²) in [4.78, 5) is 0. The molecule has 0 saturated heterocycles. The fourth-order valence-electron chi connectivity index (χ4n) is 2.12. The second-order valence-electron chi connectivity index (χ2n) is 4.76. The lowest BCUT2D eigenvalue weighted by Crippen LogP contribution is -2.03. The number of nitrogens with zero attached hydrogens (tertiary/aromatic N) is 1. The van der Waals surface area contributed by atoms with Crippen molar-refractivity contribution in [3.05, 3.63) is 51.3 Å². The predicted octanol–water partition coefficient (Wildman–Crippen LogP) is 3.35. The smallest absolute Gasteiger partial charge is 0.0525 e. The van der Waals surface area contributed by atoms with Crippen molar-refractivity contribution in [3.63, 3.8) is 0 Å². The minimum Gasteiger partial charge on any atom is -0.326 e. The maximum Gasteiger partial charge on any atom is 0.0525 e. The number of nitrogens with two attached hydrogens (primary N) is 1. The average molecular weight is 308 g/mol. The summed E-state index contributed by atoms with van der Waals surface area (Å²) in [5.74, 6) is 0.458. The Labute approximate surface area is 116 Å². The van der Waals surface area contributed by atoms with Gasteiger partial charge in [-0.05, 0) is 34.7 Å². The van der Waals surface area contributed by atoms with E-state index in [1.54, 1.807) is 0 Å². The van der Waals surface area contributed by atoms with Gasteiger partial charge in [-0.1, -0.05) is 35.8 Å². The lowest BCUT2D eigenvalue weighted by atomic mass is 9.97. The second kappa shape index (κ2) is 5.67. The quantitative estimate of drug-likeness (QED) is 0.910. The first-order chi connectivity index (χ1) is 8.61. The highest BCUT2D eigenvalue weighted by Crippen LogP contribution is 2.23. The van der Waals surface area contributed by atoms with Crippen LogP contribution in [0.5, 0.6) is 0 Å². The number of nitrogens with one attached hydrogen (secondary N) is 1. The zero-order valence-electron chi connectivity index (χ0n) is 10.7. The van der Waals surface area contributed by atoms with Gasteiger partial charge in [-0.15, -0.1) is 0 Å². The molecule has 0 saturated carbocycles. The molecule has 1 heterocycles. The molecule has 3 nitrogen and oxygen atoms in total. The van der Waals surface area contributed by atoms with Gasteiger partial charge in [0.2, 0.25) is 0 Å². The molecule has 0 radical (unpaired) electrons. The fourth-order valence-corrected chi connectivity index (χ4v) is 2.53. The van der Waals surface area contributed by atoms with E-state index in [1.165, 1.54) is 22.4 Å². The van der Waals surface area contributed by atoms with Gasteiger partial charge < -0.3 is 5.73 Å². The first-order valence-electron chi connectivity index (χ1n) is 6.11. The largest absolute Gasteiger partial charge is 0.326 e. The fraction of sp³-hybridized carbons (Fsp3) is 0.357. The number of hydrogen-bond acceptors (Lipinski definition) is 2. The number of aromatic nitrogens is 2. The molecular formula is C14H18BrN3. The molecule has 0 aliphatic carbocycles. The van der Waals surface area contributed by atoms with Gasteiger partial charge in [0.1, 0.15) is 0 Å². The molecule has 1 aromatic carbocycles. The first kappa shape index (κ1) is 13.3. The normalized spacial score (nSPS) is 11.2. The second-order valence-corrected chi connectivity index (χ2v) is 5.67. The number of aromatic amines is 1. The van der Waals surface area contributed by atoms with Gasteiger partial charge in [0, 0.05) is 23.1 Å². The molecule has 0 fully saturated rings. The Morgan fingerprint density at radius 2 is 2.06 bits per heavy atom. The lowest BCUT2D eigenvalue weighted by molar-refractivity contribution is 0.798. The SMILES string of the molecule is CC(C)c1[nH]ncc1Cc1ccc(Br)cc1CN. The summed E-state index contributed by atoms with van der Waals surface area (Å²) in [5, 5.41) is 7.23. The lowest BCUT2D eigenvalue weighted by Gasteiger charge is -2.10. The van der Waals surface area contributed by atoms with Crippen LogP contribution in [0.1, 0.15) is 42.1 Å². The van der Waals surface area contributed by atoms with Crippen LogP contribution in [0, 0.1) is 0 Å². The molecule has 2 aromatic rings. The van der Waals surface area contributed by atoms with Crippen LogP contribution in [0.2, 0.25) is 0 Å². The molecular weight excluding hydrogens is 290 g/mol. The molecule has 3 N–H and O–H groups in total. The van der Waals surface area contributed by atoms with Gasteiger partial charge in [-0.25, -0.2) is 0 Å². The summed E-state index contributed by atoms with van der Waals surface area (Å²) < 4.78 is 1.07. The van der Waals surface area contributed by atoms with Crippen LogP contribution < -0.4 is 5.73 Å². The highest BCUT2D eigenvalue weighted by molar-refractivity contribution is 9.10. The molecule has 0 spiro atoms. The van der Waals surface area contributed by atoms with E-state index >= 15 is 0 Å². The first-order valence-corrected chi connectivity index (χ1v) is 6.90. The molecule has 18 heavy (non-hydrogen) atoms. The third-order valence-electron chi connectivity index (χ3n) is 3.10. The number of benzene rings is 1. The van der Waals surface area contributed by atoms with Crippen molar-refractivity contribution in [2.75, 3.05) is 0 Å². The number of H-pyrrole nitrogens is 1. The number of hydrogen-bond donors (Lipinski definition) is 2. The molecule has 0 unspecified atom stereocenters. The van der Waals surface area contributed by atoms with Gasteiger partial charge in [0.25, 0.3) is 0 Å². The van der Waals surface area contributed by atoms with Crippen LogP contribution in [0.25, 0.3) is 0 Å². The number of rotatable bonds is 4. The molecule has 0 aliphatic heterocycles. The Hall–Kier alpha value is -1.13. The summed E-state index contributed by atoms with van der Waals surface area (Å²) in [6.07, 6.45) is 2.79. The Balaban J connectivity index is 2.31. The van der Waals surface area contributed by atoms with Crippen molar-refractivity contribution >= 4 is 15.9 Å². The van der Waals surface area contributed by atoms with Crippen molar-refractivity contribution in [1.82, 2.24) is 10.2 Å². The van der Waals surface area contributed by atoms with Crippen molar-refractivity contribution in [2.24, 2.45) is 5.73 Å². The maximum absolute atomic E-state index is 5.80. The Bertz CT molecular complexity index is 532. The van der Waals surface area contributed by atoms with Crippen LogP contribution in [0.4, 0.5) is 0 Å². The van der Waals surface area contributed by atoms with Crippen LogP contribution in [-0.2, 0) is 13.0 Å². The summed E-state index contributed by atoms with van der Waals surface area (Å²) in [5.41, 5.74) is 10.7. The zero-order valence-corrected chi connectivity index (χ0v) is 12.3. The number of halogens is 1. The third kappa shape index (κ3) is 2.82. The molecule has 0 aliphatic rings. The molecule has 4 heteroatoms. The summed E-state index contributed by atoms with van der Waals surface area (Å²) >= 11 is 3.48. The monoisotopic (exact) mass is 307 g/mol. The van der Waals surface area contributed by atoms with Gasteiger partial charge in [0.15, 0.2) is 0 Å². The molecule has 96 valence electrons. The van der Waals surface area contributed by atoms with Gasteiger partial charge >= 0.3 is 0 Å². The van der Waals surface area contributed by atoms with E-state index in [9.17, 15) is 0 Å². The molecule has 0 bridgehead atoms. The summed E-state index contributed by atoms with van der Waals surface area (Å²) in [7, 11) is 0. The Kier molecular flexibility index (Phi) is 4.19. The highest BCUT2D eigenvalue weighted by atomic mass is 79.9. The van der Waals surface area contributed by atoms with E-state index in [4.69, 9.17) is 5.73 Å². The van der Waals surface area contributed by atoms with Crippen molar-refractivity contribution in [1.29, 1.82) is 0 Å². The van der Waals surface area contributed by atoms with Gasteiger partial charge in [0.05, 0.1) is 6.20 Å². The van der Waals surface area contributed by atoms with Gasteiger partial charge in [-0.3, -0.25) is 5.10 Å². The van der Waals surface area contributed by atoms with E-state index in [-0.39, 0.29) is 0 Å². The third-order valence-corrected chi connectivity index (χ3v) is 3.59. The minimum atomic E-state index is 0.458. The van der Waals surface area contributed by atoms with Crippen LogP contribution in [0.15, 0.2) is 28.9 Å². The van der Waals surface area contributed by atoms with E-state index in [0.717, 1.165) is 10.9 Å². The predicted molar refractivity (Wildman–Crippen MR) is 77.5 cm³/mol. The standard InChI is InChI=1S/C14H18BrN3/c1-9(2)14-12(8-17-18-14)5-10-3-4-13(15)6-11(10)7-16/h3-4,6,8-9H,5,7,16H2,1-2H3,(H,17,18). The highest BCUT2D eigenvalue weighted by Gasteiger charge is 2.11. The van der Waals surface area contributed by atoms with Gasteiger partial charge in [-0.2, -0.15) is 5.10 Å². The average Bonchev–Trinajstić information content (AvgIpc) is 2.79. The minimum absolute atomic E-state index is 0.458. The van der Waals surface area contributed by atoms with E-state index in [1.807, 2.05) is 6.20 Å². The molecule has 2 rings (SSSR count). The van der Waals surface area contributed by atoms with E-state index in [0.29, 0.717) is 12.5 Å². The summed E-state index contributed by atoms with van der Waals surface area (Å²) in [6, 6.07) is 6.28. The molecule has 0 atom stereocenters. The van der Waals surface area contributed by atoms with Crippen LogP contribution >= 0.6 is 15.9 Å². The van der Waals surface area contributed by atoms with Crippen molar-refractivity contribution in [3.8, 4) is 0 Å².